The summed E-state index contributed by atoms with van der Waals surface area (Å²) >= 11 is 11.6. The van der Waals surface area contributed by atoms with Gasteiger partial charge in [0, 0.05) is 42.3 Å². The Morgan fingerprint density at radius 3 is 2.41 bits per heavy atom. The fraction of sp³-hybridized carbons (Fsp3) is 0.429. The average molecular weight is 580 g/mol. The van der Waals surface area contributed by atoms with E-state index in [0.717, 1.165) is 31.7 Å². The van der Waals surface area contributed by atoms with Crippen LogP contribution in [0.2, 0.25) is 10.0 Å². The highest BCUT2D eigenvalue weighted by Crippen LogP contribution is 2.37. The molecule has 1 heterocycles. The van der Waals surface area contributed by atoms with E-state index in [1.165, 1.54) is 24.3 Å². The maximum Gasteiger partial charge on any atom is 0.256 e. The van der Waals surface area contributed by atoms with E-state index in [2.05, 4.69) is 10.6 Å². The number of pyridine rings is 1. The highest BCUT2D eigenvalue weighted by molar-refractivity contribution is 6.31. The van der Waals surface area contributed by atoms with E-state index in [1.54, 1.807) is 6.20 Å². The largest absolute Gasteiger partial charge is 0.491 e. The number of rotatable bonds is 9. The minimum Gasteiger partial charge on any atom is -0.491 e. The first-order chi connectivity index (χ1) is 18.7. The van der Waals surface area contributed by atoms with Gasteiger partial charge in [-0.3, -0.25) is 9.59 Å². The zero-order valence-electron chi connectivity index (χ0n) is 21.1. The van der Waals surface area contributed by atoms with E-state index in [9.17, 15) is 23.5 Å². The Labute approximate surface area is 234 Å². The Morgan fingerprint density at radius 2 is 1.72 bits per heavy atom. The third-order valence-corrected chi connectivity index (χ3v) is 7.89. The second kappa shape index (κ2) is 11.8. The Bertz CT molecular complexity index is 1440. The highest BCUT2D eigenvalue weighted by Gasteiger charge is 2.29. The van der Waals surface area contributed by atoms with E-state index in [4.69, 9.17) is 27.9 Å². The Hall–Kier alpha value is -2.72. The van der Waals surface area contributed by atoms with Crippen molar-refractivity contribution in [3.63, 3.8) is 0 Å². The number of carbonyl (C=O) groups is 1. The predicted molar refractivity (Wildman–Crippen MR) is 146 cm³/mol. The van der Waals surface area contributed by atoms with Crippen LogP contribution < -0.4 is 20.8 Å². The molecule has 2 saturated carbocycles. The second-order valence-corrected chi connectivity index (χ2v) is 11.1. The van der Waals surface area contributed by atoms with Gasteiger partial charge < -0.3 is 25.0 Å². The summed E-state index contributed by atoms with van der Waals surface area (Å²) in [6.07, 6.45) is 5.58. The molecule has 7 nitrogen and oxygen atoms in total. The molecule has 39 heavy (non-hydrogen) atoms. The quantitative estimate of drug-likeness (QED) is 0.332. The van der Waals surface area contributed by atoms with Crippen LogP contribution in [-0.4, -0.2) is 46.9 Å². The molecule has 1 amide bonds. The summed E-state index contributed by atoms with van der Waals surface area (Å²) in [4.78, 5) is 26.2. The van der Waals surface area contributed by atoms with E-state index < -0.39 is 29.1 Å². The first-order valence-corrected chi connectivity index (χ1v) is 13.8. The zero-order valence-corrected chi connectivity index (χ0v) is 22.6. The molecule has 0 aliphatic heterocycles. The summed E-state index contributed by atoms with van der Waals surface area (Å²) in [6, 6.07) is 6.88. The fourth-order valence-corrected chi connectivity index (χ4v) is 5.26. The van der Waals surface area contributed by atoms with Gasteiger partial charge in [0.15, 0.2) is 0 Å². The Morgan fingerprint density at radius 1 is 1.03 bits per heavy atom. The van der Waals surface area contributed by atoms with Crippen molar-refractivity contribution in [2.45, 2.75) is 62.8 Å². The smallest absolute Gasteiger partial charge is 0.256 e. The van der Waals surface area contributed by atoms with Crippen LogP contribution in [0.25, 0.3) is 10.9 Å². The molecule has 208 valence electrons. The maximum atomic E-state index is 14.2. The summed E-state index contributed by atoms with van der Waals surface area (Å²) in [5.74, 6) is -1.45. The van der Waals surface area contributed by atoms with Crippen LogP contribution in [0.3, 0.4) is 0 Å². The van der Waals surface area contributed by atoms with Gasteiger partial charge >= 0.3 is 0 Å². The van der Waals surface area contributed by atoms with Crippen LogP contribution in [-0.2, 0) is 0 Å². The lowest BCUT2D eigenvalue weighted by Crippen LogP contribution is -2.45. The lowest BCUT2D eigenvalue weighted by atomic mass is 9.91. The van der Waals surface area contributed by atoms with Gasteiger partial charge in [0.2, 0.25) is 5.43 Å². The maximum absolute atomic E-state index is 14.2. The van der Waals surface area contributed by atoms with Crippen molar-refractivity contribution in [3.05, 3.63) is 74.0 Å². The number of hydrogen-bond acceptors (Lipinski definition) is 5. The van der Waals surface area contributed by atoms with Gasteiger partial charge in [-0.25, -0.2) is 8.78 Å². The van der Waals surface area contributed by atoms with Crippen LogP contribution in [0.5, 0.6) is 5.75 Å². The number of amides is 1. The normalized spacial score (nSPS) is 20.1. The molecule has 1 atom stereocenters. The van der Waals surface area contributed by atoms with Gasteiger partial charge in [0.05, 0.1) is 15.6 Å². The first kappa shape index (κ1) is 27.8. The summed E-state index contributed by atoms with van der Waals surface area (Å²) in [5.41, 5.74) is 0.0212. The molecule has 3 aromatic rings. The predicted octanol–water partition coefficient (Wildman–Crippen LogP) is 4.99. The molecule has 0 radical (unpaired) electrons. The number of benzene rings is 2. The lowest BCUT2D eigenvalue weighted by Gasteiger charge is -2.30. The fourth-order valence-electron chi connectivity index (χ4n) is 4.99. The summed E-state index contributed by atoms with van der Waals surface area (Å²) in [5, 5.41) is 16.6. The monoisotopic (exact) mass is 579 g/mol. The molecule has 2 aliphatic carbocycles. The number of aliphatic hydroxyl groups is 1. The van der Waals surface area contributed by atoms with Crippen molar-refractivity contribution in [1.29, 1.82) is 0 Å². The third kappa shape index (κ3) is 6.54. The van der Waals surface area contributed by atoms with E-state index in [0.29, 0.717) is 24.9 Å². The number of fused-ring (bicyclic) bond motifs is 1. The Kier molecular flexibility index (Phi) is 8.42. The molecule has 0 spiro atoms. The number of hydrogen-bond donors (Lipinski definition) is 3. The number of aliphatic hydroxyl groups excluding tert-OH is 1. The molecule has 2 aliphatic rings. The molecule has 3 N–H and O–H groups in total. The molecule has 0 bridgehead atoms. The number of carbonyl (C=O) groups excluding carboxylic acids is 1. The van der Waals surface area contributed by atoms with Crippen molar-refractivity contribution in [2.75, 3.05) is 13.2 Å². The molecular formula is C28H29Cl2F2N3O4. The van der Waals surface area contributed by atoms with E-state index in [-0.39, 0.29) is 51.5 Å². The standard InChI is InChI=1S/C28H29Cl2F2N3O4/c29-22-8-7-19(9-24(22)31)39-14-18(36)12-33-15-1-3-16(4-2-15)34-28(38)21-13-35(17-5-6-17)26-11-23(30)25(32)10-20(26)27(21)37/h7-11,13,15-18,33,36H,1-6,12,14H2,(H,34,38)/t15-,16-,18?. The number of nitrogens with zero attached hydrogens (tertiary/aromatic N) is 1. The van der Waals surface area contributed by atoms with Crippen molar-refractivity contribution >= 4 is 40.0 Å². The minimum absolute atomic E-state index is 0.0000573. The molecule has 5 rings (SSSR count). The summed E-state index contributed by atoms with van der Waals surface area (Å²) in [6.45, 7) is 0.301. The van der Waals surface area contributed by atoms with Crippen LogP contribution >= 0.6 is 23.2 Å². The van der Waals surface area contributed by atoms with Gasteiger partial charge in [-0.15, -0.1) is 0 Å². The number of nitrogens with one attached hydrogen (secondary N) is 2. The van der Waals surface area contributed by atoms with Crippen LogP contribution in [0.4, 0.5) is 8.78 Å². The summed E-state index contributed by atoms with van der Waals surface area (Å²) < 4.78 is 35.0. The molecule has 1 unspecified atom stereocenters. The third-order valence-electron chi connectivity index (χ3n) is 7.30. The van der Waals surface area contributed by atoms with Crippen LogP contribution in [0.1, 0.15) is 54.9 Å². The van der Waals surface area contributed by atoms with E-state index in [1.807, 2.05) is 4.57 Å². The van der Waals surface area contributed by atoms with Crippen molar-refractivity contribution in [1.82, 2.24) is 15.2 Å². The van der Waals surface area contributed by atoms with Gasteiger partial charge in [0.1, 0.15) is 35.7 Å². The molecule has 2 fully saturated rings. The Balaban J connectivity index is 1.13. The molecule has 11 heteroatoms. The SMILES string of the molecule is O=C(N[C@H]1CC[C@H](NCC(O)COc2ccc(Cl)c(F)c2)CC1)c1cn(C2CC2)c2cc(Cl)c(F)cc2c1=O. The molecule has 1 aromatic heterocycles. The van der Waals surface area contributed by atoms with Crippen LogP contribution in [0, 0.1) is 11.6 Å². The highest BCUT2D eigenvalue weighted by atomic mass is 35.5. The van der Waals surface area contributed by atoms with Gasteiger partial charge in [-0.2, -0.15) is 0 Å². The molecule has 2 aromatic carbocycles. The minimum atomic E-state index is -0.789. The van der Waals surface area contributed by atoms with Gasteiger partial charge in [0.25, 0.3) is 5.91 Å². The zero-order chi connectivity index (χ0) is 27.7. The lowest BCUT2D eigenvalue weighted by molar-refractivity contribution is 0.0913. The van der Waals surface area contributed by atoms with Crippen molar-refractivity contribution in [3.8, 4) is 5.75 Å². The van der Waals surface area contributed by atoms with Crippen LogP contribution in [0.15, 0.2) is 41.3 Å². The average Bonchev–Trinajstić information content (AvgIpc) is 3.76. The number of ether oxygens (including phenoxy) is 1. The van der Waals surface area contributed by atoms with Crippen molar-refractivity contribution in [2.24, 2.45) is 0 Å². The number of aromatic nitrogens is 1. The van der Waals surface area contributed by atoms with Crippen molar-refractivity contribution < 1.29 is 23.4 Å². The number of halogens is 4. The van der Waals surface area contributed by atoms with Gasteiger partial charge in [-0.1, -0.05) is 23.2 Å². The van der Waals surface area contributed by atoms with E-state index >= 15 is 0 Å². The van der Waals surface area contributed by atoms with Gasteiger partial charge in [-0.05, 0) is 62.8 Å². The first-order valence-electron chi connectivity index (χ1n) is 13.0. The summed E-state index contributed by atoms with van der Waals surface area (Å²) in [7, 11) is 0. The molecular weight excluding hydrogens is 551 g/mol. The molecule has 0 saturated heterocycles. The second-order valence-electron chi connectivity index (χ2n) is 10.3. The topological polar surface area (TPSA) is 92.6 Å².